The monoisotopic (exact) mass is 400 g/mol. The number of hydrogen-bond donors (Lipinski definition) is 0. The van der Waals surface area contributed by atoms with Crippen molar-refractivity contribution >= 4 is 21.2 Å². The zero-order chi connectivity index (χ0) is 18.9. The van der Waals surface area contributed by atoms with Crippen molar-refractivity contribution in [3.63, 3.8) is 0 Å². The molecule has 0 fully saturated rings. The van der Waals surface area contributed by atoms with Gasteiger partial charge in [0.1, 0.15) is 9.96 Å². The summed E-state index contributed by atoms with van der Waals surface area (Å²) >= 11 is 1.02. The highest BCUT2D eigenvalue weighted by molar-refractivity contribution is 7.92. The van der Waals surface area contributed by atoms with Gasteiger partial charge in [-0.25, -0.2) is 13.4 Å². The molecule has 0 amide bonds. The molecular formula is C16H11F3N2O3S2. The van der Waals surface area contributed by atoms with Gasteiger partial charge in [-0.2, -0.15) is 18.2 Å². The number of benzene rings is 1. The van der Waals surface area contributed by atoms with Crippen LogP contribution >= 0.6 is 11.3 Å². The van der Waals surface area contributed by atoms with E-state index in [0.29, 0.717) is 11.3 Å². The normalized spacial score (nSPS) is 12.2. The first-order valence-corrected chi connectivity index (χ1v) is 9.87. The third-order valence-electron chi connectivity index (χ3n) is 3.24. The smallest absolute Gasteiger partial charge is 0.416 e. The van der Waals surface area contributed by atoms with E-state index in [4.69, 9.17) is 4.74 Å². The molecule has 0 saturated heterocycles. The fraction of sp³-hybridized carbons (Fsp3) is 0.125. The Kier molecular flexibility index (Phi) is 4.72. The van der Waals surface area contributed by atoms with Crippen LogP contribution < -0.4 is 4.74 Å². The molecule has 0 spiro atoms. The first kappa shape index (κ1) is 18.3. The molecule has 0 aliphatic rings. The molecule has 0 aliphatic heterocycles. The van der Waals surface area contributed by atoms with Crippen molar-refractivity contribution in [3.05, 3.63) is 53.5 Å². The van der Waals surface area contributed by atoms with E-state index >= 15 is 0 Å². The van der Waals surface area contributed by atoms with E-state index in [1.54, 1.807) is 0 Å². The van der Waals surface area contributed by atoms with Crippen molar-refractivity contribution in [3.8, 4) is 23.0 Å². The number of halogens is 3. The van der Waals surface area contributed by atoms with Crippen LogP contribution in [0.4, 0.5) is 13.2 Å². The zero-order valence-corrected chi connectivity index (χ0v) is 14.8. The highest BCUT2D eigenvalue weighted by Crippen LogP contribution is 2.31. The fourth-order valence-electron chi connectivity index (χ4n) is 2.02. The number of nitrogens with zero attached hydrogens (tertiary/aromatic N) is 2. The molecule has 0 aliphatic carbocycles. The maximum atomic E-state index is 12.6. The average Bonchev–Trinajstić information content (AvgIpc) is 3.03. The standard InChI is InChI=1S/C16H11F3N2O3S2/c1-26(22,23)14-8-12(9-25-14)24-13-6-7-20-15(21-13)10-2-4-11(5-3-10)16(17,18)19/h2-9H,1H3. The van der Waals surface area contributed by atoms with Gasteiger partial charge in [0.2, 0.25) is 5.88 Å². The lowest BCUT2D eigenvalue weighted by molar-refractivity contribution is -0.137. The molecule has 0 radical (unpaired) electrons. The van der Waals surface area contributed by atoms with E-state index in [-0.39, 0.29) is 15.9 Å². The topological polar surface area (TPSA) is 69.2 Å². The van der Waals surface area contributed by atoms with Gasteiger partial charge >= 0.3 is 6.18 Å². The number of hydrogen-bond acceptors (Lipinski definition) is 6. The van der Waals surface area contributed by atoms with Crippen LogP contribution in [0.15, 0.2) is 52.2 Å². The Hall–Kier alpha value is -2.46. The highest BCUT2D eigenvalue weighted by atomic mass is 32.2. The molecule has 136 valence electrons. The van der Waals surface area contributed by atoms with Crippen LogP contribution in [-0.2, 0) is 16.0 Å². The van der Waals surface area contributed by atoms with Gasteiger partial charge in [0.25, 0.3) is 0 Å². The van der Waals surface area contributed by atoms with Crippen molar-refractivity contribution in [1.82, 2.24) is 9.97 Å². The Bertz CT molecular complexity index is 1030. The number of rotatable bonds is 4. The maximum absolute atomic E-state index is 12.6. The van der Waals surface area contributed by atoms with Gasteiger partial charge in [-0.1, -0.05) is 12.1 Å². The summed E-state index contributed by atoms with van der Waals surface area (Å²) in [6, 6.07) is 7.28. The summed E-state index contributed by atoms with van der Waals surface area (Å²) in [7, 11) is -3.33. The van der Waals surface area contributed by atoms with E-state index in [1.165, 1.54) is 35.8 Å². The van der Waals surface area contributed by atoms with Gasteiger partial charge in [0.05, 0.1) is 5.56 Å². The lowest BCUT2D eigenvalue weighted by Crippen LogP contribution is -2.04. The van der Waals surface area contributed by atoms with Crippen molar-refractivity contribution in [2.24, 2.45) is 0 Å². The van der Waals surface area contributed by atoms with E-state index in [2.05, 4.69) is 9.97 Å². The minimum atomic E-state index is -4.42. The van der Waals surface area contributed by atoms with E-state index in [0.717, 1.165) is 29.7 Å². The second-order valence-electron chi connectivity index (χ2n) is 5.27. The Morgan fingerprint density at radius 3 is 2.38 bits per heavy atom. The van der Waals surface area contributed by atoms with Gasteiger partial charge in [-0.15, -0.1) is 11.3 Å². The minimum Gasteiger partial charge on any atom is -0.438 e. The Balaban J connectivity index is 1.83. The SMILES string of the molecule is CS(=O)(=O)c1cc(Oc2ccnc(-c3ccc(C(F)(F)F)cc3)n2)cs1. The second kappa shape index (κ2) is 6.69. The largest absolute Gasteiger partial charge is 0.438 e. The summed E-state index contributed by atoms with van der Waals surface area (Å²) in [5, 5.41) is 1.52. The molecule has 26 heavy (non-hydrogen) atoms. The number of ether oxygens (including phenoxy) is 1. The average molecular weight is 400 g/mol. The van der Waals surface area contributed by atoms with Gasteiger partial charge in [-0.3, -0.25) is 0 Å². The van der Waals surface area contributed by atoms with E-state index in [1.807, 2.05) is 0 Å². The number of sulfone groups is 1. The molecule has 3 rings (SSSR count). The summed E-state index contributed by atoms with van der Waals surface area (Å²) in [6.07, 6.45) is -1.92. The molecule has 0 atom stereocenters. The lowest BCUT2D eigenvalue weighted by Gasteiger charge is -2.08. The van der Waals surface area contributed by atoms with Gasteiger partial charge < -0.3 is 4.74 Å². The molecule has 0 unspecified atom stereocenters. The molecule has 0 saturated carbocycles. The first-order valence-electron chi connectivity index (χ1n) is 7.10. The lowest BCUT2D eigenvalue weighted by atomic mass is 10.1. The Labute approximate surface area is 151 Å². The van der Waals surface area contributed by atoms with Crippen LogP contribution in [0.2, 0.25) is 0 Å². The summed E-state index contributed by atoms with van der Waals surface area (Å²) in [5.74, 6) is 0.634. The minimum absolute atomic E-state index is 0.146. The Morgan fingerprint density at radius 2 is 1.81 bits per heavy atom. The van der Waals surface area contributed by atoms with Crippen LogP contribution in [0, 0.1) is 0 Å². The summed E-state index contributed by atoms with van der Waals surface area (Å²) in [6.45, 7) is 0. The molecule has 2 aromatic heterocycles. The molecule has 2 heterocycles. The van der Waals surface area contributed by atoms with Gasteiger partial charge in [0.15, 0.2) is 15.7 Å². The molecule has 1 aromatic carbocycles. The van der Waals surface area contributed by atoms with Crippen molar-refractivity contribution < 1.29 is 26.3 Å². The van der Waals surface area contributed by atoms with Gasteiger partial charge in [-0.05, 0) is 12.1 Å². The zero-order valence-electron chi connectivity index (χ0n) is 13.2. The van der Waals surface area contributed by atoms with Crippen molar-refractivity contribution in [1.29, 1.82) is 0 Å². The maximum Gasteiger partial charge on any atom is 0.416 e. The van der Waals surface area contributed by atoms with Crippen LogP contribution in [0.3, 0.4) is 0 Å². The predicted octanol–water partition coefficient (Wildman–Crippen LogP) is 4.42. The van der Waals surface area contributed by atoms with Crippen LogP contribution in [0.1, 0.15) is 5.56 Å². The molecule has 0 N–H and O–H groups in total. The van der Waals surface area contributed by atoms with Crippen LogP contribution in [0.5, 0.6) is 11.6 Å². The predicted molar refractivity (Wildman–Crippen MR) is 90.0 cm³/mol. The van der Waals surface area contributed by atoms with Gasteiger partial charge in [0, 0.05) is 35.5 Å². The molecular weight excluding hydrogens is 389 g/mol. The highest BCUT2D eigenvalue weighted by Gasteiger charge is 2.30. The third-order valence-corrected chi connectivity index (χ3v) is 5.99. The van der Waals surface area contributed by atoms with Crippen molar-refractivity contribution in [2.45, 2.75) is 10.4 Å². The summed E-state index contributed by atoms with van der Waals surface area (Å²) in [4.78, 5) is 8.16. The first-order chi connectivity index (χ1) is 12.1. The quantitative estimate of drug-likeness (QED) is 0.648. The number of aromatic nitrogens is 2. The van der Waals surface area contributed by atoms with Crippen LogP contribution in [-0.4, -0.2) is 24.6 Å². The number of alkyl halides is 3. The second-order valence-corrected chi connectivity index (χ2v) is 8.42. The molecule has 5 nitrogen and oxygen atoms in total. The summed E-state index contributed by atoms with van der Waals surface area (Å²) < 4.78 is 66.5. The van der Waals surface area contributed by atoms with Crippen molar-refractivity contribution in [2.75, 3.05) is 6.26 Å². The fourth-order valence-corrected chi connectivity index (χ4v) is 3.72. The number of thiophene rings is 1. The molecule has 0 bridgehead atoms. The molecule has 10 heteroatoms. The summed E-state index contributed by atoms with van der Waals surface area (Å²) in [5.41, 5.74) is -0.370. The van der Waals surface area contributed by atoms with E-state index < -0.39 is 21.6 Å². The molecule has 3 aromatic rings. The van der Waals surface area contributed by atoms with Crippen LogP contribution in [0.25, 0.3) is 11.4 Å². The third kappa shape index (κ3) is 4.20. The van der Waals surface area contributed by atoms with E-state index in [9.17, 15) is 21.6 Å². The Morgan fingerprint density at radius 1 is 1.12 bits per heavy atom.